The highest BCUT2D eigenvalue weighted by Gasteiger charge is 2.30. The van der Waals surface area contributed by atoms with Gasteiger partial charge in [0.1, 0.15) is 23.6 Å². The minimum atomic E-state index is -1.14. The number of carbonyl (C=O) groups is 6. The molecule has 2 aromatic carbocycles. The molecule has 0 aliphatic carbocycles. The fraction of sp³-hybridized carbons (Fsp3) is 0.609. The van der Waals surface area contributed by atoms with Gasteiger partial charge in [0.25, 0.3) is 0 Å². The first-order valence-corrected chi connectivity index (χ1v) is 21.1. The van der Waals surface area contributed by atoms with E-state index in [0.29, 0.717) is 55.9 Å². The Hall–Kier alpha value is -5.05. The largest absolute Gasteiger partial charge is 0.496 e. The van der Waals surface area contributed by atoms with Crippen molar-refractivity contribution in [3.63, 3.8) is 0 Å². The maximum atomic E-state index is 12.9. The highest BCUT2D eigenvalue weighted by atomic mass is 35.5. The van der Waals surface area contributed by atoms with Crippen molar-refractivity contribution in [2.75, 3.05) is 46.9 Å². The van der Waals surface area contributed by atoms with Crippen LogP contribution >= 0.6 is 11.6 Å². The first-order valence-electron chi connectivity index (χ1n) is 20.7. The van der Waals surface area contributed by atoms with Gasteiger partial charge in [-0.1, -0.05) is 19.0 Å². The van der Waals surface area contributed by atoms with Crippen molar-refractivity contribution in [1.82, 2.24) is 15.1 Å². The summed E-state index contributed by atoms with van der Waals surface area (Å²) in [7, 11) is 3.19. The lowest BCUT2D eigenvalue weighted by molar-refractivity contribution is -0.165. The molecule has 2 fully saturated rings. The molecule has 346 valence electrons. The third-order valence-electron chi connectivity index (χ3n) is 10.4. The van der Waals surface area contributed by atoms with Gasteiger partial charge in [-0.25, -0.2) is 14.4 Å². The molecular weight excluding hydrogens is 822 g/mol. The summed E-state index contributed by atoms with van der Waals surface area (Å²) in [5.74, 6) is 0.829. The van der Waals surface area contributed by atoms with Gasteiger partial charge in [0, 0.05) is 57.1 Å². The molecule has 2 saturated heterocycles. The standard InChI is InChI=1S/C26H38N2O8.C19H26ClNO4.CH4/c1-16-11-20(13-22(33-7)17(16)2)21(29)12-19-9-8-10-28(15-19)25(32)35-18(3)34-23(30)14-27-24(31)36-26(4,5)6;1-12-8-16(10-18(24-4)13(12)2)17(22)9-15-6-5-7-21(11-15)19(23)25-14(3)20;/h11,13,18-19H,8-10,12,14-15H2,1-7H3,(H,27,31);8,10,14-15H,5-7,9,11H2,1-4H3;1H4. The molecule has 15 nitrogen and oxygen atoms in total. The number of piperidine rings is 2. The van der Waals surface area contributed by atoms with Crippen molar-refractivity contribution in [3.05, 3.63) is 57.6 Å². The summed E-state index contributed by atoms with van der Waals surface area (Å²) in [5, 5.41) is 2.29. The molecular formula is C46H68ClN3O12. The summed E-state index contributed by atoms with van der Waals surface area (Å²) in [5.41, 5.74) is 3.96. The zero-order valence-electron chi connectivity index (χ0n) is 37.6. The Kier molecular flexibility index (Phi) is 21.0. The minimum Gasteiger partial charge on any atom is -0.496 e. The number of halogens is 1. The second-order valence-corrected chi connectivity index (χ2v) is 17.2. The smallest absolute Gasteiger partial charge is 0.412 e. The van der Waals surface area contributed by atoms with Crippen LogP contribution in [0.15, 0.2) is 24.3 Å². The molecule has 1 N–H and O–H groups in total. The van der Waals surface area contributed by atoms with E-state index in [4.69, 9.17) is 40.0 Å². The van der Waals surface area contributed by atoms with Crippen LogP contribution in [0.1, 0.15) is 124 Å². The van der Waals surface area contributed by atoms with Crippen LogP contribution in [-0.4, -0.2) is 110 Å². The maximum Gasteiger partial charge on any atom is 0.412 e. The molecule has 2 aliphatic rings. The average Bonchev–Trinajstić information content (AvgIpc) is 3.18. The number of hydrogen-bond acceptors (Lipinski definition) is 12. The van der Waals surface area contributed by atoms with Gasteiger partial charge >= 0.3 is 24.2 Å². The number of nitrogens with one attached hydrogen (secondary N) is 1. The van der Waals surface area contributed by atoms with E-state index in [1.54, 1.807) is 58.9 Å². The van der Waals surface area contributed by atoms with Crippen molar-refractivity contribution >= 4 is 47.4 Å². The Balaban J connectivity index is 0.000000446. The van der Waals surface area contributed by atoms with Crippen molar-refractivity contribution in [3.8, 4) is 11.5 Å². The third kappa shape index (κ3) is 17.0. The molecule has 0 bridgehead atoms. The normalized spacial score (nSPS) is 17.1. The molecule has 0 aromatic heterocycles. The van der Waals surface area contributed by atoms with Crippen LogP contribution in [0.25, 0.3) is 0 Å². The SMILES string of the molecule is C.COc1cc(C(=O)CC2CCCN(C(=O)OC(C)Cl)C2)cc(C)c1C.COc1cc(C(=O)CC2CCCN(C(=O)OC(C)OC(=O)CNC(=O)OC(C)(C)C)C2)cc(C)c1C. The molecule has 3 amide bonds. The highest BCUT2D eigenvalue weighted by molar-refractivity contribution is 6.19. The van der Waals surface area contributed by atoms with Crippen LogP contribution in [0.5, 0.6) is 11.5 Å². The first-order chi connectivity index (χ1) is 28.6. The number of alkyl carbamates (subject to hydrolysis) is 1. The van der Waals surface area contributed by atoms with Gasteiger partial charge < -0.3 is 43.5 Å². The fourth-order valence-corrected chi connectivity index (χ4v) is 7.17. The topological polar surface area (TPSA) is 176 Å². The number of ketones is 2. The predicted molar refractivity (Wildman–Crippen MR) is 236 cm³/mol. The quantitative estimate of drug-likeness (QED) is 0.0665. The number of rotatable bonds is 13. The van der Waals surface area contributed by atoms with E-state index in [2.05, 4.69) is 5.32 Å². The summed E-state index contributed by atoms with van der Waals surface area (Å²) < 4.78 is 31.1. The van der Waals surface area contributed by atoms with E-state index >= 15 is 0 Å². The number of amides is 3. The Morgan fingerprint density at radius 3 is 1.56 bits per heavy atom. The van der Waals surface area contributed by atoms with Crippen LogP contribution in [0.3, 0.4) is 0 Å². The zero-order chi connectivity index (χ0) is 45.6. The fourth-order valence-electron chi connectivity index (χ4n) is 7.09. The zero-order valence-corrected chi connectivity index (χ0v) is 38.3. The van der Waals surface area contributed by atoms with E-state index in [9.17, 15) is 28.8 Å². The van der Waals surface area contributed by atoms with Gasteiger partial charge in [-0.3, -0.25) is 14.4 Å². The highest BCUT2D eigenvalue weighted by Crippen LogP contribution is 2.29. The van der Waals surface area contributed by atoms with Gasteiger partial charge in [0.05, 0.1) is 14.2 Å². The van der Waals surface area contributed by atoms with E-state index in [1.165, 1.54) is 11.8 Å². The van der Waals surface area contributed by atoms with Gasteiger partial charge in [0.15, 0.2) is 17.1 Å². The molecule has 4 rings (SSSR count). The third-order valence-corrected chi connectivity index (χ3v) is 10.5. The van der Waals surface area contributed by atoms with E-state index < -0.39 is 48.2 Å². The molecule has 16 heteroatoms. The molecule has 62 heavy (non-hydrogen) atoms. The monoisotopic (exact) mass is 889 g/mol. The Morgan fingerprint density at radius 2 is 1.16 bits per heavy atom. The molecule has 0 spiro atoms. The van der Waals surface area contributed by atoms with Crippen molar-refractivity contribution in [2.24, 2.45) is 11.8 Å². The number of nitrogens with zero attached hydrogens (tertiary/aromatic N) is 2. The number of hydrogen-bond donors (Lipinski definition) is 1. The number of aryl methyl sites for hydroxylation is 2. The van der Waals surface area contributed by atoms with E-state index in [-0.39, 0.29) is 30.8 Å². The second-order valence-electron chi connectivity index (χ2n) is 16.6. The van der Waals surface area contributed by atoms with Crippen LogP contribution in [-0.2, 0) is 23.7 Å². The number of carbonyl (C=O) groups excluding carboxylic acids is 6. The first kappa shape index (κ1) is 53.1. The molecule has 0 radical (unpaired) electrons. The van der Waals surface area contributed by atoms with Crippen LogP contribution in [0, 0.1) is 39.5 Å². The lowest BCUT2D eigenvalue weighted by Crippen LogP contribution is -2.42. The van der Waals surface area contributed by atoms with Crippen molar-refractivity contribution < 1.29 is 57.2 Å². The molecule has 2 heterocycles. The van der Waals surface area contributed by atoms with Crippen molar-refractivity contribution in [2.45, 2.75) is 126 Å². The number of methoxy groups -OCH3 is 2. The van der Waals surface area contributed by atoms with Gasteiger partial charge in [-0.05, 0) is 139 Å². The van der Waals surface area contributed by atoms with Gasteiger partial charge in [0.2, 0.25) is 6.29 Å². The van der Waals surface area contributed by atoms with Crippen molar-refractivity contribution in [1.29, 1.82) is 0 Å². The molecule has 4 atom stereocenters. The number of ether oxygens (including phenoxy) is 6. The lowest BCUT2D eigenvalue weighted by Gasteiger charge is -2.32. The van der Waals surface area contributed by atoms with Gasteiger partial charge in [-0.15, -0.1) is 0 Å². The Labute approximate surface area is 372 Å². The number of alkyl halides is 1. The summed E-state index contributed by atoms with van der Waals surface area (Å²) >= 11 is 5.71. The number of esters is 1. The second kappa shape index (κ2) is 24.6. The minimum absolute atomic E-state index is 0. The maximum absolute atomic E-state index is 12.9. The predicted octanol–water partition coefficient (Wildman–Crippen LogP) is 9.10. The Bertz CT molecular complexity index is 1880. The summed E-state index contributed by atoms with van der Waals surface area (Å²) in [6.07, 6.45) is 1.12. The summed E-state index contributed by atoms with van der Waals surface area (Å²) in [4.78, 5) is 76.9. The van der Waals surface area contributed by atoms with E-state index in [1.807, 2.05) is 39.8 Å². The summed E-state index contributed by atoms with van der Waals surface area (Å²) in [6.45, 7) is 17.6. The van der Waals surface area contributed by atoms with Crippen LogP contribution < -0.4 is 14.8 Å². The molecule has 4 unspecified atom stereocenters. The number of benzene rings is 2. The van der Waals surface area contributed by atoms with E-state index in [0.717, 1.165) is 53.7 Å². The summed E-state index contributed by atoms with van der Waals surface area (Å²) in [6, 6.07) is 7.33. The van der Waals surface area contributed by atoms with Crippen LogP contribution in [0.4, 0.5) is 14.4 Å². The molecule has 0 saturated carbocycles. The van der Waals surface area contributed by atoms with Gasteiger partial charge in [-0.2, -0.15) is 0 Å². The number of Topliss-reactive ketones (excluding diaryl/α,β-unsaturated/α-hetero) is 2. The number of likely N-dealkylation sites (tertiary alicyclic amines) is 2. The van der Waals surface area contributed by atoms with Crippen LogP contribution in [0.2, 0.25) is 0 Å². The lowest BCUT2D eigenvalue weighted by atomic mass is 9.90. The molecule has 2 aromatic rings. The molecule has 2 aliphatic heterocycles. The Morgan fingerprint density at radius 1 is 0.726 bits per heavy atom. The average molecular weight is 891 g/mol.